The van der Waals surface area contributed by atoms with Crippen LogP contribution in [0.15, 0.2) is 0 Å². The van der Waals surface area contributed by atoms with Crippen molar-refractivity contribution in [3.8, 4) is 0 Å². The minimum Gasteiger partial charge on any atom is -0.481 e. The maximum Gasteiger partial charge on any atom is 0.303 e. The van der Waals surface area contributed by atoms with Gasteiger partial charge < -0.3 is 9.90 Å². The highest BCUT2D eigenvalue weighted by Crippen LogP contribution is 1.96. The predicted molar refractivity (Wildman–Crippen MR) is 48.0 cm³/mol. The summed E-state index contributed by atoms with van der Waals surface area (Å²) in [4.78, 5) is 19.3. The molecule has 0 heterocycles. The van der Waals surface area contributed by atoms with Crippen LogP contribution in [-0.2, 0) is 9.59 Å². The first-order valence-corrected chi connectivity index (χ1v) is 4.07. The van der Waals surface area contributed by atoms with E-state index in [4.69, 9.17) is 5.11 Å². The number of carboxylic acid groups (broad SMARTS) is 1. The second kappa shape index (κ2) is 8.24. The number of aliphatic carboxylic acids is 1. The molecule has 12 heavy (non-hydrogen) atoms. The first-order chi connectivity index (χ1) is 5.40. The molecule has 0 radical (unpaired) electrons. The fraction of sp³-hybridized carbons (Fsp3) is 0.778. The van der Waals surface area contributed by atoms with Gasteiger partial charge in [0.2, 0.25) is 0 Å². The molecule has 0 rings (SSSR count). The molecule has 0 aliphatic heterocycles. The number of hydrogen-bond donors (Lipinski definition) is 1. The summed E-state index contributed by atoms with van der Waals surface area (Å²) in [5, 5.41) is 8.08. The van der Waals surface area contributed by atoms with E-state index in [0.29, 0.717) is 0 Å². The summed E-state index contributed by atoms with van der Waals surface area (Å²) in [6.07, 6.45) is 1.19. The molecule has 0 bridgehead atoms. The molecule has 0 aliphatic rings. The summed E-state index contributed by atoms with van der Waals surface area (Å²) in [7, 11) is 0. The van der Waals surface area contributed by atoms with Crippen LogP contribution in [0.5, 0.6) is 0 Å². The van der Waals surface area contributed by atoms with Gasteiger partial charge in [0.1, 0.15) is 6.29 Å². The van der Waals surface area contributed by atoms with Gasteiger partial charge in [-0.1, -0.05) is 27.7 Å². The van der Waals surface area contributed by atoms with Crippen LogP contribution in [0.4, 0.5) is 0 Å². The quantitative estimate of drug-likeness (QED) is 0.665. The van der Waals surface area contributed by atoms with Crippen molar-refractivity contribution in [3.05, 3.63) is 0 Å². The third-order valence-corrected chi connectivity index (χ3v) is 0.855. The van der Waals surface area contributed by atoms with E-state index < -0.39 is 5.97 Å². The molecule has 0 fully saturated rings. The third kappa shape index (κ3) is 22.9. The first-order valence-electron chi connectivity index (χ1n) is 4.07. The molecule has 72 valence electrons. The predicted octanol–water partition coefficient (Wildman–Crippen LogP) is 1.96. The second-order valence-electron chi connectivity index (χ2n) is 3.37. The van der Waals surface area contributed by atoms with Gasteiger partial charge >= 0.3 is 5.97 Å². The third-order valence-electron chi connectivity index (χ3n) is 0.855. The van der Waals surface area contributed by atoms with Crippen LogP contribution in [-0.4, -0.2) is 17.4 Å². The van der Waals surface area contributed by atoms with E-state index in [9.17, 15) is 9.59 Å². The van der Waals surface area contributed by atoms with Crippen LogP contribution in [0.25, 0.3) is 0 Å². The Morgan fingerprint density at radius 1 is 1.33 bits per heavy atom. The zero-order valence-corrected chi connectivity index (χ0v) is 8.20. The van der Waals surface area contributed by atoms with Gasteiger partial charge in [0.25, 0.3) is 0 Å². The highest BCUT2D eigenvalue weighted by atomic mass is 16.4. The van der Waals surface area contributed by atoms with Crippen LogP contribution in [0.2, 0.25) is 0 Å². The van der Waals surface area contributed by atoms with Crippen molar-refractivity contribution < 1.29 is 14.7 Å². The Bertz CT molecular complexity index is 128. The monoisotopic (exact) mass is 174 g/mol. The van der Waals surface area contributed by atoms with E-state index >= 15 is 0 Å². The smallest absolute Gasteiger partial charge is 0.303 e. The van der Waals surface area contributed by atoms with Crippen molar-refractivity contribution in [1.29, 1.82) is 0 Å². The molecule has 0 amide bonds. The van der Waals surface area contributed by atoms with Crippen LogP contribution in [0.3, 0.4) is 0 Å². The normalized spacial score (nSPS) is 9.17. The second-order valence-corrected chi connectivity index (χ2v) is 3.37. The lowest BCUT2D eigenvalue weighted by Gasteiger charge is -1.94. The van der Waals surface area contributed by atoms with Gasteiger partial charge in [-0.05, 0) is 5.92 Å². The summed E-state index contributed by atoms with van der Waals surface area (Å²) in [6, 6.07) is 0. The van der Waals surface area contributed by atoms with Gasteiger partial charge in [-0.25, -0.2) is 0 Å². The summed E-state index contributed by atoms with van der Waals surface area (Å²) >= 11 is 0. The number of hydrogen-bond acceptors (Lipinski definition) is 2. The minimum absolute atomic E-state index is 0.204. The molecule has 0 aliphatic carbocycles. The molecule has 0 saturated carbocycles. The van der Waals surface area contributed by atoms with Crippen molar-refractivity contribution in [2.24, 2.45) is 11.8 Å². The molecule has 0 aromatic rings. The number of carboxylic acids is 1. The molecule has 0 spiro atoms. The van der Waals surface area contributed by atoms with Crippen LogP contribution in [0, 0.1) is 11.8 Å². The van der Waals surface area contributed by atoms with E-state index in [1.54, 1.807) is 0 Å². The zero-order valence-electron chi connectivity index (χ0n) is 8.20. The molecule has 0 atom stereocenters. The van der Waals surface area contributed by atoms with Crippen LogP contribution >= 0.6 is 0 Å². The number of aldehydes is 1. The summed E-state index contributed by atoms with van der Waals surface area (Å²) in [5.41, 5.74) is 0. The molecule has 0 unspecified atom stereocenters. The van der Waals surface area contributed by atoms with E-state index in [1.807, 2.05) is 27.7 Å². The number of carbonyl (C=O) groups excluding carboxylic acids is 1. The van der Waals surface area contributed by atoms with Crippen molar-refractivity contribution in [3.63, 3.8) is 0 Å². The average Bonchev–Trinajstić information content (AvgIpc) is 1.85. The van der Waals surface area contributed by atoms with Crippen molar-refractivity contribution >= 4 is 12.3 Å². The van der Waals surface area contributed by atoms with Gasteiger partial charge in [0.05, 0.1) is 0 Å². The van der Waals surface area contributed by atoms with Crippen molar-refractivity contribution in [2.45, 2.75) is 34.1 Å². The lowest BCUT2D eigenvalue weighted by molar-refractivity contribution is -0.137. The van der Waals surface area contributed by atoms with Gasteiger partial charge in [-0.15, -0.1) is 0 Å². The van der Waals surface area contributed by atoms with Crippen LogP contribution < -0.4 is 0 Å². The molecular weight excluding hydrogens is 156 g/mol. The first kappa shape index (κ1) is 13.7. The Kier molecular flexibility index (Phi) is 9.41. The van der Waals surface area contributed by atoms with E-state index in [-0.39, 0.29) is 18.3 Å². The van der Waals surface area contributed by atoms with Gasteiger partial charge in [-0.3, -0.25) is 4.79 Å². The SMILES string of the molecule is CC(C)C=O.CC(C)CC(=O)O. The average molecular weight is 174 g/mol. The fourth-order valence-corrected chi connectivity index (χ4v) is 0.349. The largest absolute Gasteiger partial charge is 0.481 e. The Hall–Kier alpha value is -0.860. The lowest BCUT2D eigenvalue weighted by atomic mass is 10.1. The topological polar surface area (TPSA) is 54.4 Å². The van der Waals surface area contributed by atoms with E-state index in [1.165, 1.54) is 0 Å². The summed E-state index contributed by atoms with van der Waals surface area (Å²) in [5.74, 6) is -0.234. The molecule has 3 nitrogen and oxygen atoms in total. The van der Waals surface area contributed by atoms with E-state index in [2.05, 4.69) is 0 Å². The zero-order chi connectivity index (χ0) is 10.1. The fourth-order valence-electron chi connectivity index (χ4n) is 0.349. The molecule has 3 heteroatoms. The number of rotatable bonds is 3. The van der Waals surface area contributed by atoms with Gasteiger partial charge in [0.15, 0.2) is 0 Å². The molecular formula is C9H18O3. The minimum atomic E-state index is -0.713. The molecule has 1 N–H and O–H groups in total. The maximum atomic E-state index is 9.81. The highest BCUT2D eigenvalue weighted by molar-refractivity contribution is 5.66. The Morgan fingerprint density at radius 3 is 1.67 bits per heavy atom. The molecule has 0 aromatic carbocycles. The highest BCUT2D eigenvalue weighted by Gasteiger charge is 1.98. The van der Waals surface area contributed by atoms with Crippen molar-refractivity contribution in [2.75, 3.05) is 0 Å². The number of carbonyl (C=O) groups is 2. The summed E-state index contributed by atoms with van der Waals surface area (Å²) in [6.45, 7) is 7.47. The Labute approximate surface area is 73.8 Å². The van der Waals surface area contributed by atoms with Gasteiger partial charge in [-0.2, -0.15) is 0 Å². The van der Waals surface area contributed by atoms with Crippen LogP contribution in [0.1, 0.15) is 34.1 Å². The summed E-state index contributed by atoms with van der Waals surface area (Å²) < 4.78 is 0. The van der Waals surface area contributed by atoms with E-state index in [0.717, 1.165) is 6.29 Å². The Morgan fingerprint density at radius 2 is 1.67 bits per heavy atom. The maximum absolute atomic E-state index is 9.81. The molecule has 0 aromatic heterocycles. The van der Waals surface area contributed by atoms with Crippen molar-refractivity contribution in [1.82, 2.24) is 0 Å². The van der Waals surface area contributed by atoms with Gasteiger partial charge in [0, 0.05) is 12.3 Å². The lowest BCUT2D eigenvalue weighted by Crippen LogP contribution is -1.99. The molecule has 0 saturated heterocycles. The standard InChI is InChI=1S/C5H10O2.C4H8O/c1-4(2)3-5(6)7;1-4(2)3-5/h4H,3H2,1-2H3,(H,6,7);3-4H,1-2H3. The Balaban J connectivity index is 0.